The molecular formula is C16H16N2O2S. The molecule has 0 bridgehead atoms. The molecule has 21 heavy (non-hydrogen) atoms. The van der Waals surface area contributed by atoms with Crippen molar-refractivity contribution < 1.29 is 9.53 Å². The lowest BCUT2D eigenvalue weighted by molar-refractivity contribution is -0.113. The van der Waals surface area contributed by atoms with E-state index in [1.54, 1.807) is 24.2 Å². The third kappa shape index (κ3) is 3.76. The van der Waals surface area contributed by atoms with Gasteiger partial charge in [-0.25, -0.2) is 0 Å². The quantitative estimate of drug-likeness (QED) is 0.922. The highest BCUT2D eigenvalue weighted by Crippen LogP contribution is 2.27. The molecule has 2 heterocycles. The molecule has 0 saturated heterocycles. The summed E-state index contributed by atoms with van der Waals surface area (Å²) in [6.45, 7) is 0.731. The molecular weight excluding hydrogens is 284 g/mol. The van der Waals surface area contributed by atoms with Crippen LogP contribution in [0.15, 0.2) is 42.7 Å². The van der Waals surface area contributed by atoms with Gasteiger partial charge in [0.05, 0.1) is 12.4 Å². The molecule has 5 heteroatoms. The van der Waals surface area contributed by atoms with E-state index in [4.69, 9.17) is 4.74 Å². The van der Waals surface area contributed by atoms with Crippen molar-refractivity contribution in [3.8, 4) is 5.75 Å². The molecule has 1 aliphatic rings. The molecule has 1 aromatic carbocycles. The molecule has 0 fully saturated rings. The summed E-state index contributed by atoms with van der Waals surface area (Å²) < 4.78 is 5.45. The molecule has 0 aliphatic carbocycles. The summed E-state index contributed by atoms with van der Waals surface area (Å²) in [6.07, 6.45) is 4.45. The molecule has 2 aromatic rings. The summed E-state index contributed by atoms with van der Waals surface area (Å²) in [5.74, 6) is 2.21. The van der Waals surface area contributed by atoms with E-state index in [2.05, 4.69) is 10.3 Å². The molecule has 108 valence electrons. The van der Waals surface area contributed by atoms with Crippen molar-refractivity contribution in [2.24, 2.45) is 0 Å². The number of hydrogen-bond donors (Lipinski definition) is 1. The van der Waals surface area contributed by atoms with Crippen LogP contribution in [0.3, 0.4) is 0 Å². The Morgan fingerprint density at radius 2 is 2.14 bits per heavy atom. The molecule has 0 saturated carbocycles. The topological polar surface area (TPSA) is 51.2 Å². The lowest BCUT2D eigenvalue weighted by atomic mass is 10.1. The Morgan fingerprint density at radius 3 is 3.00 bits per heavy atom. The Morgan fingerprint density at radius 1 is 1.29 bits per heavy atom. The van der Waals surface area contributed by atoms with E-state index in [0.29, 0.717) is 5.75 Å². The number of thioether (sulfide) groups is 1. The fourth-order valence-electron chi connectivity index (χ4n) is 2.20. The van der Waals surface area contributed by atoms with Crippen molar-refractivity contribution in [2.75, 3.05) is 17.7 Å². The van der Waals surface area contributed by atoms with Crippen LogP contribution in [0.25, 0.3) is 0 Å². The number of pyridine rings is 1. The lowest BCUT2D eigenvalue weighted by Crippen LogP contribution is -2.14. The number of amides is 1. The number of rotatable bonds is 5. The van der Waals surface area contributed by atoms with Gasteiger partial charge < -0.3 is 10.1 Å². The van der Waals surface area contributed by atoms with Gasteiger partial charge in [0.2, 0.25) is 5.91 Å². The zero-order valence-electron chi connectivity index (χ0n) is 11.5. The van der Waals surface area contributed by atoms with Crippen LogP contribution < -0.4 is 10.1 Å². The fraction of sp³-hybridized carbons (Fsp3) is 0.250. The van der Waals surface area contributed by atoms with Gasteiger partial charge >= 0.3 is 0 Å². The maximum absolute atomic E-state index is 11.9. The highest BCUT2D eigenvalue weighted by molar-refractivity contribution is 7.99. The molecule has 0 radical (unpaired) electrons. The maximum Gasteiger partial charge on any atom is 0.234 e. The minimum atomic E-state index is 0.0212. The first-order valence-electron chi connectivity index (χ1n) is 6.83. The number of carbonyl (C=O) groups is 1. The van der Waals surface area contributed by atoms with Gasteiger partial charge in [0.15, 0.2) is 0 Å². The van der Waals surface area contributed by atoms with Crippen LogP contribution in [0.5, 0.6) is 5.75 Å². The van der Waals surface area contributed by atoms with Crippen LogP contribution in [0.2, 0.25) is 0 Å². The van der Waals surface area contributed by atoms with Crippen molar-refractivity contribution in [1.29, 1.82) is 0 Å². The van der Waals surface area contributed by atoms with Gasteiger partial charge in [-0.15, -0.1) is 11.8 Å². The highest BCUT2D eigenvalue weighted by atomic mass is 32.2. The first kappa shape index (κ1) is 13.9. The zero-order chi connectivity index (χ0) is 14.5. The highest BCUT2D eigenvalue weighted by Gasteiger charge is 2.12. The van der Waals surface area contributed by atoms with Crippen LogP contribution in [0.1, 0.15) is 11.1 Å². The molecule has 1 aliphatic heterocycles. The average molecular weight is 300 g/mol. The number of carbonyl (C=O) groups excluding carboxylic acids is 1. The summed E-state index contributed by atoms with van der Waals surface area (Å²) >= 11 is 1.59. The SMILES string of the molecule is O=C(CSCc1ccncc1)Nc1ccc2c(c1)CCO2. The van der Waals surface area contributed by atoms with Gasteiger partial charge in [0, 0.05) is 30.3 Å². The molecule has 0 spiro atoms. The van der Waals surface area contributed by atoms with Crippen molar-refractivity contribution in [2.45, 2.75) is 12.2 Å². The van der Waals surface area contributed by atoms with Gasteiger partial charge in [0.25, 0.3) is 0 Å². The molecule has 4 nitrogen and oxygen atoms in total. The van der Waals surface area contributed by atoms with Gasteiger partial charge in [-0.1, -0.05) is 0 Å². The molecule has 1 N–H and O–H groups in total. The molecule has 0 atom stereocenters. The van der Waals surface area contributed by atoms with E-state index in [-0.39, 0.29) is 5.91 Å². The fourth-order valence-corrected chi connectivity index (χ4v) is 2.99. The number of nitrogens with zero attached hydrogens (tertiary/aromatic N) is 1. The van der Waals surface area contributed by atoms with E-state index in [1.165, 1.54) is 5.56 Å². The molecule has 0 unspecified atom stereocenters. The number of benzene rings is 1. The normalized spacial score (nSPS) is 12.6. The second kappa shape index (κ2) is 6.63. The minimum absolute atomic E-state index is 0.0212. The van der Waals surface area contributed by atoms with Crippen molar-refractivity contribution in [3.63, 3.8) is 0 Å². The van der Waals surface area contributed by atoms with E-state index in [0.717, 1.165) is 35.8 Å². The summed E-state index contributed by atoms with van der Waals surface area (Å²) in [5.41, 5.74) is 3.18. The standard InChI is InChI=1S/C16H16N2O2S/c19-16(11-21-10-12-3-6-17-7-4-12)18-14-1-2-15-13(9-14)5-8-20-15/h1-4,6-7,9H,5,8,10-11H2,(H,18,19). The number of hydrogen-bond acceptors (Lipinski definition) is 4. The number of aromatic nitrogens is 1. The Balaban J connectivity index is 1.48. The summed E-state index contributed by atoms with van der Waals surface area (Å²) in [6, 6.07) is 9.72. The van der Waals surface area contributed by atoms with Crippen LogP contribution in [-0.2, 0) is 17.0 Å². The summed E-state index contributed by atoms with van der Waals surface area (Å²) in [5, 5.41) is 2.93. The van der Waals surface area contributed by atoms with Gasteiger partial charge in [-0.05, 0) is 41.5 Å². The Kier molecular flexibility index (Phi) is 4.40. The van der Waals surface area contributed by atoms with E-state index < -0.39 is 0 Å². The van der Waals surface area contributed by atoms with Crippen LogP contribution in [0.4, 0.5) is 5.69 Å². The van der Waals surface area contributed by atoms with Crippen molar-refractivity contribution in [1.82, 2.24) is 4.98 Å². The summed E-state index contributed by atoms with van der Waals surface area (Å²) in [7, 11) is 0. The van der Waals surface area contributed by atoms with E-state index >= 15 is 0 Å². The number of fused-ring (bicyclic) bond motifs is 1. The largest absolute Gasteiger partial charge is 0.493 e. The second-order valence-corrected chi connectivity index (χ2v) is 5.80. The Hall–Kier alpha value is -2.01. The number of nitrogens with one attached hydrogen (secondary N) is 1. The van der Waals surface area contributed by atoms with Crippen LogP contribution in [0, 0.1) is 0 Å². The zero-order valence-corrected chi connectivity index (χ0v) is 12.4. The van der Waals surface area contributed by atoms with Crippen molar-refractivity contribution in [3.05, 3.63) is 53.9 Å². The van der Waals surface area contributed by atoms with Gasteiger partial charge in [-0.3, -0.25) is 9.78 Å². The van der Waals surface area contributed by atoms with Crippen LogP contribution in [-0.4, -0.2) is 23.3 Å². The summed E-state index contributed by atoms with van der Waals surface area (Å²) in [4.78, 5) is 15.9. The van der Waals surface area contributed by atoms with Crippen molar-refractivity contribution >= 4 is 23.4 Å². The number of ether oxygens (including phenoxy) is 1. The minimum Gasteiger partial charge on any atom is -0.493 e. The predicted octanol–water partition coefficient (Wildman–Crippen LogP) is 2.89. The predicted molar refractivity (Wildman–Crippen MR) is 84.7 cm³/mol. The van der Waals surface area contributed by atoms with E-state index in [9.17, 15) is 4.79 Å². The lowest BCUT2D eigenvalue weighted by Gasteiger charge is -2.07. The average Bonchev–Trinajstić information content (AvgIpc) is 2.96. The third-order valence-electron chi connectivity index (χ3n) is 3.22. The molecule has 1 aromatic heterocycles. The Bertz CT molecular complexity index is 631. The van der Waals surface area contributed by atoms with Crippen LogP contribution >= 0.6 is 11.8 Å². The first-order valence-corrected chi connectivity index (χ1v) is 7.99. The second-order valence-electron chi connectivity index (χ2n) is 4.82. The van der Waals surface area contributed by atoms with Gasteiger partial charge in [0.1, 0.15) is 5.75 Å². The third-order valence-corrected chi connectivity index (χ3v) is 4.23. The first-order chi connectivity index (χ1) is 10.3. The monoisotopic (exact) mass is 300 g/mol. The Labute approximate surface area is 127 Å². The molecule has 1 amide bonds. The molecule has 3 rings (SSSR count). The maximum atomic E-state index is 11.9. The number of anilines is 1. The van der Waals surface area contributed by atoms with Gasteiger partial charge in [-0.2, -0.15) is 0 Å². The smallest absolute Gasteiger partial charge is 0.234 e. The van der Waals surface area contributed by atoms with E-state index in [1.807, 2.05) is 30.3 Å².